The van der Waals surface area contributed by atoms with Crippen molar-refractivity contribution in [2.24, 2.45) is 0 Å². The van der Waals surface area contributed by atoms with E-state index in [-0.39, 0.29) is 0 Å². The average Bonchev–Trinajstić information content (AvgIpc) is 2.49. The number of carbonyl (C=O) groups is 1. The summed E-state index contributed by atoms with van der Waals surface area (Å²) < 4.78 is 5.72. The number of ether oxygens (including phenoxy) is 1. The van der Waals surface area contributed by atoms with Gasteiger partial charge in [0.2, 0.25) is 0 Å². The summed E-state index contributed by atoms with van der Waals surface area (Å²) in [5.41, 5.74) is 2.19. The van der Waals surface area contributed by atoms with Crippen molar-refractivity contribution in [3.8, 4) is 11.5 Å². The lowest BCUT2D eigenvalue weighted by atomic mass is 10.2. The number of halogens is 2. The molecular weight excluding hydrogens is 313 g/mol. The molecule has 0 spiro atoms. The second-order valence-corrected chi connectivity index (χ2v) is 4.84. The number of rotatable bonds is 4. The molecule has 0 radical (unpaired) electrons. The number of para-hydroxylation sites is 1. The lowest BCUT2D eigenvalue weighted by Gasteiger charge is -2.09. The van der Waals surface area contributed by atoms with Crippen LogP contribution < -0.4 is 10.2 Å². The van der Waals surface area contributed by atoms with E-state index in [1.54, 1.807) is 42.5 Å². The molecule has 0 atom stereocenters. The zero-order valence-corrected chi connectivity index (χ0v) is 12.2. The van der Waals surface area contributed by atoms with Gasteiger partial charge in [-0.15, -0.1) is 0 Å². The number of amides is 1. The van der Waals surface area contributed by atoms with Crippen molar-refractivity contribution in [1.29, 1.82) is 0 Å². The molecule has 0 aliphatic carbocycles. The van der Waals surface area contributed by atoms with E-state index in [4.69, 9.17) is 33.1 Å². The minimum absolute atomic E-state index is 0.391. The molecule has 2 rings (SSSR count). The maximum absolute atomic E-state index is 11.0. The van der Waals surface area contributed by atoms with Gasteiger partial charge in [-0.05, 0) is 24.3 Å². The fourth-order valence-electron chi connectivity index (χ4n) is 1.58. The number of benzene rings is 2. The highest BCUT2D eigenvalue weighted by molar-refractivity contribution is 6.42. The van der Waals surface area contributed by atoms with Crippen LogP contribution in [0.1, 0.15) is 5.56 Å². The van der Waals surface area contributed by atoms with E-state index in [2.05, 4.69) is 0 Å². The Hall–Kier alpha value is -2.01. The largest absolute Gasteiger partial charge is 0.457 e. The lowest BCUT2D eigenvalue weighted by molar-refractivity contribution is -0.124. The summed E-state index contributed by atoms with van der Waals surface area (Å²) in [7, 11) is 0. The number of hydrogen-bond acceptors (Lipinski definition) is 3. The van der Waals surface area contributed by atoms with Gasteiger partial charge in [0.25, 0.3) is 5.91 Å². The molecule has 4 nitrogen and oxygen atoms in total. The van der Waals surface area contributed by atoms with Gasteiger partial charge in [-0.3, -0.25) is 10.0 Å². The van der Waals surface area contributed by atoms with Crippen LogP contribution in [0.2, 0.25) is 10.0 Å². The fraction of sp³-hybridized carbons (Fsp3) is 0. The Morgan fingerprint density at radius 2 is 1.90 bits per heavy atom. The second-order valence-electron chi connectivity index (χ2n) is 4.03. The van der Waals surface area contributed by atoms with Crippen molar-refractivity contribution in [3.05, 3.63) is 64.1 Å². The number of nitrogens with one attached hydrogen (secondary N) is 1. The average molecular weight is 324 g/mol. The molecule has 0 unspecified atom stereocenters. The van der Waals surface area contributed by atoms with E-state index in [0.717, 1.165) is 0 Å². The fourth-order valence-corrected chi connectivity index (χ4v) is 1.87. The van der Waals surface area contributed by atoms with E-state index in [1.807, 2.05) is 0 Å². The van der Waals surface area contributed by atoms with Crippen molar-refractivity contribution < 1.29 is 14.7 Å². The molecule has 0 aromatic heterocycles. The van der Waals surface area contributed by atoms with Crippen molar-refractivity contribution in [2.75, 3.05) is 0 Å². The number of hydroxylamine groups is 1. The normalized spacial score (nSPS) is 10.6. The van der Waals surface area contributed by atoms with Crippen LogP contribution in [0, 0.1) is 0 Å². The molecule has 1 amide bonds. The first kappa shape index (κ1) is 15.4. The molecular formula is C15H11Cl2NO3. The molecule has 0 fully saturated rings. The zero-order chi connectivity index (χ0) is 15.2. The molecule has 2 N–H and O–H groups in total. The zero-order valence-electron chi connectivity index (χ0n) is 10.7. The molecule has 0 aliphatic heterocycles. The predicted octanol–water partition coefficient (Wildman–Crippen LogP) is 4.30. The van der Waals surface area contributed by atoms with Crippen LogP contribution in [-0.2, 0) is 4.79 Å². The number of hydrogen-bond donors (Lipinski definition) is 2. The Kier molecular flexibility index (Phi) is 5.22. The van der Waals surface area contributed by atoms with Gasteiger partial charge in [-0.1, -0.05) is 41.4 Å². The monoisotopic (exact) mass is 323 g/mol. The number of carbonyl (C=O) groups excluding carboxylic acids is 1. The van der Waals surface area contributed by atoms with Crippen LogP contribution in [0.3, 0.4) is 0 Å². The predicted molar refractivity (Wildman–Crippen MR) is 81.9 cm³/mol. The first-order valence-electron chi connectivity index (χ1n) is 5.94. The summed E-state index contributed by atoms with van der Waals surface area (Å²) in [5.74, 6) is 0.439. The summed E-state index contributed by atoms with van der Waals surface area (Å²) in [6, 6.07) is 12.1. The van der Waals surface area contributed by atoms with Crippen molar-refractivity contribution in [2.45, 2.75) is 0 Å². The summed E-state index contributed by atoms with van der Waals surface area (Å²) >= 11 is 11.8. The highest BCUT2D eigenvalue weighted by Gasteiger charge is 2.05. The third kappa shape index (κ3) is 4.23. The Morgan fingerprint density at radius 1 is 1.14 bits per heavy atom. The van der Waals surface area contributed by atoms with Gasteiger partial charge in [-0.2, -0.15) is 0 Å². The minimum atomic E-state index is -0.626. The second kappa shape index (κ2) is 7.13. The molecule has 0 bridgehead atoms. The minimum Gasteiger partial charge on any atom is -0.457 e. The first-order chi connectivity index (χ1) is 10.1. The third-order valence-electron chi connectivity index (χ3n) is 2.56. The van der Waals surface area contributed by atoms with Gasteiger partial charge < -0.3 is 4.74 Å². The van der Waals surface area contributed by atoms with E-state index < -0.39 is 5.91 Å². The van der Waals surface area contributed by atoms with Gasteiger partial charge in [-0.25, -0.2) is 5.48 Å². The van der Waals surface area contributed by atoms with Crippen LogP contribution >= 0.6 is 23.2 Å². The van der Waals surface area contributed by atoms with Gasteiger partial charge in [0.15, 0.2) is 0 Å². The van der Waals surface area contributed by atoms with Crippen LogP contribution in [0.4, 0.5) is 0 Å². The molecule has 2 aromatic rings. The van der Waals surface area contributed by atoms with E-state index in [9.17, 15) is 4.79 Å². The molecule has 0 saturated heterocycles. The molecule has 2 aromatic carbocycles. The maximum Gasteiger partial charge on any atom is 0.267 e. The highest BCUT2D eigenvalue weighted by atomic mass is 35.5. The standard InChI is InChI=1S/C15H11Cl2NO3/c16-12-7-6-11(9-13(12)17)21-14-4-2-1-3-10(14)5-8-15(19)18-20/h1-9,20H,(H,18,19)/b8-5+. The Balaban J connectivity index is 2.25. The lowest BCUT2D eigenvalue weighted by Crippen LogP contribution is -2.14. The molecule has 0 heterocycles. The van der Waals surface area contributed by atoms with Gasteiger partial charge in [0.1, 0.15) is 11.5 Å². The molecule has 21 heavy (non-hydrogen) atoms. The van der Waals surface area contributed by atoms with Gasteiger partial charge in [0, 0.05) is 17.7 Å². The van der Waals surface area contributed by atoms with Crippen molar-refractivity contribution >= 4 is 35.2 Å². The van der Waals surface area contributed by atoms with Crippen molar-refractivity contribution in [3.63, 3.8) is 0 Å². The van der Waals surface area contributed by atoms with Crippen LogP contribution in [-0.4, -0.2) is 11.1 Å². The quantitative estimate of drug-likeness (QED) is 0.501. The Labute approximate surface area is 131 Å². The molecule has 108 valence electrons. The summed E-state index contributed by atoms with van der Waals surface area (Å²) in [6.07, 6.45) is 2.72. The summed E-state index contributed by atoms with van der Waals surface area (Å²) in [5, 5.41) is 9.30. The molecule has 6 heteroatoms. The SMILES string of the molecule is O=C(/C=C/c1ccccc1Oc1ccc(Cl)c(Cl)c1)NO. The molecule has 0 saturated carbocycles. The maximum atomic E-state index is 11.0. The third-order valence-corrected chi connectivity index (χ3v) is 3.30. The van der Waals surface area contributed by atoms with E-state index in [1.165, 1.54) is 17.6 Å². The van der Waals surface area contributed by atoms with E-state index in [0.29, 0.717) is 27.1 Å². The molecule has 0 aliphatic rings. The van der Waals surface area contributed by atoms with Gasteiger partial charge in [0.05, 0.1) is 10.0 Å². The highest BCUT2D eigenvalue weighted by Crippen LogP contribution is 2.31. The van der Waals surface area contributed by atoms with Crippen molar-refractivity contribution in [1.82, 2.24) is 5.48 Å². The summed E-state index contributed by atoms with van der Waals surface area (Å²) in [6.45, 7) is 0. The topological polar surface area (TPSA) is 58.6 Å². The van der Waals surface area contributed by atoms with Gasteiger partial charge >= 0.3 is 0 Å². The smallest absolute Gasteiger partial charge is 0.267 e. The van der Waals surface area contributed by atoms with Crippen LogP contribution in [0.15, 0.2) is 48.5 Å². The Morgan fingerprint density at radius 3 is 2.62 bits per heavy atom. The summed E-state index contributed by atoms with van der Waals surface area (Å²) in [4.78, 5) is 11.0. The van der Waals surface area contributed by atoms with E-state index >= 15 is 0 Å². The first-order valence-corrected chi connectivity index (χ1v) is 6.70. The van der Waals surface area contributed by atoms with Crippen LogP contribution in [0.25, 0.3) is 6.08 Å². The van der Waals surface area contributed by atoms with Crippen LogP contribution in [0.5, 0.6) is 11.5 Å². The Bertz CT molecular complexity index is 686.